The molecule has 0 unspecified atom stereocenters. The highest BCUT2D eigenvalue weighted by Gasteiger charge is 2.30. The molecule has 3 aromatic rings. The van der Waals surface area contributed by atoms with Gasteiger partial charge in [-0.15, -0.1) is 0 Å². The fraction of sp³-hybridized carbons (Fsp3) is 0.436. The Balaban J connectivity index is 1.77. The SMILES string of the molecule is CC(C)C[C@@H](NC(=O)[C@@H](CCc1ccccc1)NC(=O)CN(C[C@@H](C)c1ccccc1)C(=O)OC(C)(C)C)C(=O)OCc1ccccc1. The highest BCUT2D eigenvalue weighted by Crippen LogP contribution is 2.19. The first-order valence-electron chi connectivity index (χ1n) is 16.7. The Morgan fingerprint density at radius 2 is 1.31 bits per heavy atom. The topological polar surface area (TPSA) is 114 Å². The standard InChI is InChI=1S/C39H51N3O6/c1-28(2)24-34(37(45)47-27-31-18-12-8-13-19-31)41-36(44)33(23-22-30-16-10-7-11-17-30)40-35(43)26-42(38(46)48-39(4,5)6)25-29(3)32-20-14-9-15-21-32/h7-21,28-29,33-34H,22-27H2,1-6H3,(H,40,43)(H,41,44)/t29-,33-,34-/m1/s1. The van der Waals surface area contributed by atoms with Crippen LogP contribution in [0.3, 0.4) is 0 Å². The maximum absolute atomic E-state index is 13.8. The predicted octanol–water partition coefficient (Wildman–Crippen LogP) is 6.42. The molecule has 3 amide bonds. The summed E-state index contributed by atoms with van der Waals surface area (Å²) >= 11 is 0. The molecule has 0 aliphatic rings. The van der Waals surface area contributed by atoms with Crippen LogP contribution >= 0.6 is 0 Å². The fourth-order valence-corrected chi connectivity index (χ4v) is 5.17. The number of amides is 3. The number of carbonyl (C=O) groups excluding carboxylic acids is 4. The van der Waals surface area contributed by atoms with Gasteiger partial charge in [0.1, 0.15) is 30.8 Å². The number of rotatable bonds is 16. The molecule has 3 aromatic carbocycles. The van der Waals surface area contributed by atoms with E-state index < -0.39 is 41.6 Å². The van der Waals surface area contributed by atoms with E-state index in [-0.39, 0.29) is 38.0 Å². The molecular weight excluding hydrogens is 606 g/mol. The van der Waals surface area contributed by atoms with Gasteiger partial charge in [-0.25, -0.2) is 9.59 Å². The molecule has 2 N–H and O–H groups in total. The molecule has 0 fully saturated rings. The second-order valence-electron chi connectivity index (χ2n) is 13.6. The molecule has 48 heavy (non-hydrogen) atoms. The maximum Gasteiger partial charge on any atom is 0.410 e. The van der Waals surface area contributed by atoms with Gasteiger partial charge in [0.25, 0.3) is 0 Å². The Hall–Kier alpha value is -4.66. The van der Waals surface area contributed by atoms with Crippen LogP contribution in [0.15, 0.2) is 91.0 Å². The van der Waals surface area contributed by atoms with Gasteiger partial charge in [-0.1, -0.05) is 112 Å². The van der Waals surface area contributed by atoms with Crippen molar-refractivity contribution in [3.8, 4) is 0 Å². The third kappa shape index (κ3) is 13.6. The van der Waals surface area contributed by atoms with Gasteiger partial charge >= 0.3 is 12.1 Å². The molecule has 0 bridgehead atoms. The summed E-state index contributed by atoms with van der Waals surface area (Å²) in [7, 11) is 0. The van der Waals surface area contributed by atoms with Gasteiger partial charge in [-0.2, -0.15) is 0 Å². The van der Waals surface area contributed by atoms with Crippen molar-refractivity contribution in [2.75, 3.05) is 13.1 Å². The fourth-order valence-electron chi connectivity index (χ4n) is 5.17. The molecule has 3 atom stereocenters. The minimum Gasteiger partial charge on any atom is -0.459 e. The van der Waals surface area contributed by atoms with Crippen LogP contribution < -0.4 is 10.6 Å². The quantitative estimate of drug-likeness (QED) is 0.172. The normalized spacial score (nSPS) is 13.1. The summed E-state index contributed by atoms with van der Waals surface area (Å²) < 4.78 is 11.2. The highest BCUT2D eigenvalue weighted by atomic mass is 16.6. The van der Waals surface area contributed by atoms with Gasteiger partial charge in [0.2, 0.25) is 11.8 Å². The summed E-state index contributed by atoms with van der Waals surface area (Å²) in [6.45, 7) is 11.2. The van der Waals surface area contributed by atoms with E-state index in [1.54, 1.807) is 20.8 Å². The lowest BCUT2D eigenvalue weighted by atomic mass is 10.0. The third-order valence-electron chi connectivity index (χ3n) is 7.60. The van der Waals surface area contributed by atoms with Crippen molar-refractivity contribution in [3.05, 3.63) is 108 Å². The summed E-state index contributed by atoms with van der Waals surface area (Å²) in [6.07, 6.45) is 0.529. The van der Waals surface area contributed by atoms with Crippen molar-refractivity contribution >= 4 is 23.9 Å². The molecule has 0 saturated heterocycles. The van der Waals surface area contributed by atoms with Gasteiger partial charge in [-0.3, -0.25) is 14.5 Å². The van der Waals surface area contributed by atoms with Gasteiger partial charge in [0.15, 0.2) is 0 Å². The van der Waals surface area contributed by atoms with Crippen molar-refractivity contribution in [1.29, 1.82) is 0 Å². The van der Waals surface area contributed by atoms with Crippen LogP contribution in [0.2, 0.25) is 0 Å². The largest absolute Gasteiger partial charge is 0.459 e. The summed E-state index contributed by atoms with van der Waals surface area (Å²) in [5.41, 5.74) is 2.09. The van der Waals surface area contributed by atoms with Crippen LogP contribution in [-0.4, -0.2) is 59.6 Å². The average Bonchev–Trinajstić information content (AvgIpc) is 3.05. The van der Waals surface area contributed by atoms with Crippen molar-refractivity contribution < 1.29 is 28.7 Å². The zero-order valence-electron chi connectivity index (χ0n) is 29.1. The average molecular weight is 658 g/mol. The molecule has 0 aliphatic heterocycles. The molecule has 9 nitrogen and oxygen atoms in total. The Labute approximate surface area is 285 Å². The van der Waals surface area contributed by atoms with Crippen LogP contribution in [0.1, 0.15) is 77.0 Å². The molecule has 0 heterocycles. The molecule has 9 heteroatoms. The van der Waals surface area contributed by atoms with Crippen LogP contribution in [0.25, 0.3) is 0 Å². The van der Waals surface area contributed by atoms with Gasteiger partial charge < -0.3 is 20.1 Å². The lowest BCUT2D eigenvalue weighted by molar-refractivity contribution is -0.149. The van der Waals surface area contributed by atoms with Crippen molar-refractivity contribution in [2.24, 2.45) is 5.92 Å². The van der Waals surface area contributed by atoms with E-state index in [0.717, 1.165) is 16.7 Å². The van der Waals surface area contributed by atoms with Crippen LogP contribution in [0.5, 0.6) is 0 Å². The second kappa shape index (κ2) is 18.6. The van der Waals surface area contributed by atoms with E-state index in [1.807, 2.05) is 112 Å². The molecular formula is C39H51N3O6. The van der Waals surface area contributed by atoms with E-state index in [0.29, 0.717) is 12.8 Å². The Bertz CT molecular complexity index is 1440. The number of ether oxygens (including phenoxy) is 2. The molecule has 0 radical (unpaired) electrons. The zero-order valence-corrected chi connectivity index (χ0v) is 29.1. The molecule has 0 spiro atoms. The first kappa shape index (κ1) is 37.8. The number of carbonyl (C=O) groups is 4. The summed E-state index contributed by atoms with van der Waals surface area (Å²) in [6, 6.07) is 26.8. The number of nitrogens with one attached hydrogen (secondary N) is 2. The smallest absolute Gasteiger partial charge is 0.410 e. The van der Waals surface area contributed by atoms with Crippen LogP contribution in [0.4, 0.5) is 4.79 Å². The third-order valence-corrected chi connectivity index (χ3v) is 7.60. The molecule has 3 rings (SSSR count). The number of nitrogens with zero attached hydrogens (tertiary/aromatic N) is 1. The lowest BCUT2D eigenvalue weighted by Crippen LogP contribution is -2.54. The van der Waals surface area contributed by atoms with Crippen LogP contribution in [-0.2, 0) is 36.9 Å². The first-order valence-corrected chi connectivity index (χ1v) is 16.7. The number of hydrogen-bond acceptors (Lipinski definition) is 6. The first-order chi connectivity index (χ1) is 22.8. The zero-order chi connectivity index (χ0) is 35.1. The molecule has 0 saturated carbocycles. The molecule has 0 aromatic heterocycles. The second-order valence-corrected chi connectivity index (χ2v) is 13.6. The van der Waals surface area contributed by atoms with Crippen molar-refractivity contribution in [1.82, 2.24) is 15.5 Å². The number of benzene rings is 3. The Kier molecular flexibility index (Phi) is 14.7. The van der Waals surface area contributed by atoms with Crippen molar-refractivity contribution in [2.45, 2.75) is 91.0 Å². The van der Waals surface area contributed by atoms with Crippen molar-refractivity contribution in [3.63, 3.8) is 0 Å². The van der Waals surface area contributed by atoms with E-state index in [2.05, 4.69) is 10.6 Å². The summed E-state index contributed by atoms with van der Waals surface area (Å²) in [5.74, 6) is -1.54. The Morgan fingerprint density at radius 1 is 0.750 bits per heavy atom. The van der Waals surface area contributed by atoms with E-state index >= 15 is 0 Å². The number of esters is 1. The van der Waals surface area contributed by atoms with Gasteiger partial charge in [0, 0.05) is 6.54 Å². The molecule has 0 aliphatic carbocycles. The predicted molar refractivity (Wildman–Crippen MR) is 187 cm³/mol. The maximum atomic E-state index is 13.8. The minimum atomic E-state index is -0.971. The summed E-state index contributed by atoms with van der Waals surface area (Å²) in [5, 5.41) is 5.70. The van der Waals surface area contributed by atoms with Crippen LogP contribution in [0, 0.1) is 5.92 Å². The number of hydrogen-bond donors (Lipinski definition) is 2. The number of aryl methyl sites for hydroxylation is 1. The van der Waals surface area contributed by atoms with E-state index in [9.17, 15) is 19.2 Å². The Morgan fingerprint density at radius 3 is 1.88 bits per heavy atom. The van der Waals surface area contributed by atoms with Gasteiger partial charge in [0.05, 0.1) is 0 Å². The highest BCUT2D eigenvalue weighted by molar-refractivity contribution is 5.91. The van der Waals surface area contributed by atoms with Gasteiger partial charge in [-0.05, 0) is 68.6 Å². The summed E-state index contributed by atoms with van der Waals surface area (Å²) in [4.78, 5) is 55.2. The monoisotopic (exact) mass is 657 g/mol. The lowest BCUT2D eigenvalue weighted by Gasteiger charge is -2.30. The minimum absolute atomic E-state index is 0.0811. The molecule has 258 valence electrons. The van der Waals surface area contributed by atoms with E-state index in [1.165, 1.54) is 4.90 Å². The van der Waals surface area contributed by atoms with E-state index in [4.69, 9.17) is 9.47 Å².